The molecule has 0 aliphatic heterocycles. The van der Waals surface area contributed by atoms with E-state index in [2.05, 4.69) is 0 Å². The normalized spacial score (nSPS) is 7.20. The largest absolute Gasteiger partial charge is 0.503 e. The molecule has 0 aliphatic rings. The predicted molar refractivity (Wildman–Crippen MR) is 11.7 cm³/mol. The number of halogens is 2. The summed E-state index contributed by atoms with van der Waals surface area (Å²) in [6.45, 7) is 0. The molecule has 0 aromatic rings. The highest BCUT2D eigenvalue weighted by molar-refractivity contribution is 1.94. The van der Waals surface area contributed by atoms with Crippen LogP contribution in [0.4, 0.5) is 0 Å². The van der Waals surface area contributed by atoms with Gasteiger partial charge in [0.15, 0.2) is 0 Å². The molecule has 6 N–H and O–H groups in total. The molecule has 0 rings (SSSR count). The van der Waals surface area contributed by atoms with Crippen molar-refractivity contribution in [3.8, 4) is 0 Å². The Morgan fingerprint density at radius 1 is 0.700 bits per heavy atom. The second-order valence-electron chi connectivity index (χ2n) is 0.402. The monoisotopic (exact) mass is 388 g/mol. The van der Waals surface area contributed by atoms with E-state index in [1.807, 2.05) is 0 Å². The van der Waals surface area contributed by atoms with Crippen LogP contribution in [0.25, 0.3) is 0 Å². The van der Waals surface area contributed by atoms with Gasteiger partial charge < -0.3 is 24.7 Å². The Labute approximate surface area is 73.4 Å². The van der Waals surface area contributed by atoms with Crippen molar-refractivity contribution in [2.24, 2.45) is 0 Å². The maximum absolute atomic E-state index is 8.68. The minimum Gasteiger partial charge on any atom is -0.412 e. The van der Waals surface area contributed by atoms with E-state index in [1.165, 1.54) is 0 Å². The van der Waals surface area contributed by atoms with Crippen molar-refractivity contribution in [3.63, 3.8) is 0 Å². The topological polar surface area (TPSA) is 196 Å². The van der Waals surface area contributed by atoms with Crippen LogP contribution in [0.3, 0.4) is 0 Å². The Morgan fingerprint density at radius 2 is 0.700 bits per heavy atom. The van der Waals surface area contributed by atoms with Crippen molar-refractivity contribution in [3.05, 3.63) is 0 Å². The predicted octanol–water partition coefficient (Wildman–Crippen LogP) is -13.5. The van der Waals surface area contributed by atoms with Crippen LogP contribution in [0.1, 0.15) is 0 Å². The third kappa shape index (κ3) is 466. The molecule has 0 aliphatic carbocycles. The summed E-state index contributed by atoms with van der Waals surface area (Å²) in [5, 5.41) is 0. The second kappa shape index (κ2) is 16.6. The first-order chi connectivity index (χ1) is 3.46. The van der Waals surface area contributed by atoms with Gasteiger partial charge in [-0.05, 0) is 6.87 Å². The lowest BCUT2D eigenvalue weighted by molar-refractivity contribution is -1.63. The molecule has 0 spiro atoms. The molecule has 0 heterocycles. The average molecular weight is 388 g/mol. The summed E-state index contributed by atoms with van der Waals surface area (Å²) < 4.78 is 48.9. The maximum Gasteiger partial charge on any atom is 0.503 e. The van der Waals surface area contributed by atoms with E-state index in [9.17, 15) is 0 Å². The molecule has 0 bridgehead atoms. The Bertz CT molecular complexity index is 22.7. The zero-order chi connectivity index (χ0) is 7.15. The van der Waals surface area contributed by atoms with E-state index in [-0.39, 0.29) is 11.0 Å². The molecule has 0 saturated carbocycles. The minimum absolute atomic E-state index is 0. The van der Waals surface area contributed by atoms with Crippen molar-refractivity contribution in [2.75, 3.05) is 0 Å². The van der Waals surface area contributed by atoms with E-state index in [1.54, 1.807) is 0 Å². The van der Waals surface area contributed by atoms with Crippen molar-refractivity contribution in [1.29, 1.82) is 0 Å². The third-order valence-corrected chi connectivity index (χ3v) is 0. The molecule has 10 heavy (non-hydrogen) atoms. The average Bonchev–Trinajstić information content (AvgIpc) is 1.25. The quantitative estimate of drug-likeness (QED) is 0.387. The Morgan fingerprint density at radius 3 is 0.700 bits per heavy atom. The Kier molecular flexibility index (Phi) is 37.3. The van der Waals surface area contributed by atoms with Gasteiger partial charge in [-0.25, -0.2) is 0 Å². The van der Waals surface area contributed by atoms with Crippen LogP contribution >= 0.6 is 0 Å². The van der Waals surface area contributed by atoms with Gasteiger partial charge in [0, 0.05) is 0 Å². The lowest BCUT2D eigenvalue weighted by Crippen LogP contribution is -3.98. The van der Waals surface area contributed by atoms with Gasteiger partial charge in [-0.2, -0.15) is 0 Å². The van der Waals surface area contributed by atoms with Crippen LogP contribution in [0, 0.1) is 0 Å². The van der Waals surface area contributed by atoms with Crippen molar-refractivity contribution >= 4 is 0 Å². The summed E-state index contributed by atoms with van der Waals surface area (Å²) in [7, 11) is 0. The van der Waals surface area contributed by atoms with E-state index >= 15 is 0 Å². The van der Waals surface area contributed by atoms with E-state index < -0.39 is 42.1 Å². The SMILES string of the molecule is O.O.[O-][I+2]([O-])O.[O-][I+2]([O-])O. The van der Waals surface area contributed by atoms with E-state index in [0.717, 1.165) is 0 Å². The zero-order valence-corrected chi connectivity index (χ0v) is 8.60. The maximum atomic E-state index is 8.68. The fraction of sp³-hybridized carbons (Fsp3) is 0. The molecule has 0 unspecified atom stereocenters. The molecule has 8 nitrogen and oxygen atoms in total. The first-order valence-electron chi connectivity index (χ1n) is 0.955. The molecule has 0 radical (unpaired) electrons. The first-order valence-corrected chi connectivity index (χ1v) is 6.41. The van der Waals surface area contributed by atoms with Crippen LogP contribution in [-0.4, -0.2) is 17.8 Å². The fourth-order valence-corrected chi connectivity index (χ4v) is 0. The summed E-state index contributed by atoms with van der Waals surface area (Å²) in [5.41, 5.74) is 0. The van der Waals surface area contributed by atoms with Gasteiger partial charge in [0.1, 0.15) is 0 Å². The molecular formula is H6I2O8. The van der Waals surface area contributed by atoms with Crippen molar-refractivity contribution in [1.82, 2.24) is 0 Å². The lowest BCUT2D eigenvalue weighted by atomic mass is 16.0. The number of rotatable bonds is 0. The summed E-state index contributed by atoms with van der Waals surface area (Å²) in [4.78, 5) is 0. The van der Waals surface area contributed by atoms with Gasteiger partial charge in [-0.1, -0.05) is 0 Å². The van der Waals surface area contributed by atoms with Crippen LogP contribution in [0.5, 0.6) is 0 Å². The summed E-state index contributed by atoms with van der Waals surface area (Å²) >= 11 is -7.53. The second-order valence-corrected chi connectivity index (χ2v) is 2.70. The van der Waals surface area contributed by atoms with E-state index in [4.69, 9.17) is 20.6 Å². The molecule has 10 heteroatoms. The highest BCUT2D eigenvalue weighted by atomic mass is 127. The van der Waals surface area contributed by atoms with Crippen LogP contribution in [0.2, 0.25) is 0 Å². The summed E-state index contributed by atoms with van der Waals surface area (Å²) in [6, 6.07) is 0. The minimum atomic E-state index is -3.76. The van der Waals surface area contributed by atoms with Gasteiger partial charge in [0.2, 0.25) is 0 Å². The zero-order valence-electron chi connectivity index (χ0n) is 4.28. The fourth-order valence-electron chi connectivity index (χ4n) is 0. The molecule has 0 fully saturated rings. The van der Waals surface area contributed by atoms with Gasteiger partial charge >= 0.3 is 42.1 Å². The van der Waals surface area contributed by atoms with Gasteiger partial charge in [-0.15, -0.1) is 0 Å². The van der Waals surface area contributed by atoms with Gasteiger partial charge in [0.25, 0.3) is 0 Å². The number of hydrogen-bond acceptors (Lipinski definition) is 6. The van der Waals surface area contributed by atoms with Gasteiger partial charge in [0.05, 0.1) is 0 Å². The highest BCUT2D eigenvalue weighted by Gasteiger charge is 1.90. The first kappa shape index (κ1) is 22.5. The Hall–Kier alpha value is 1.14. The molecule has 0 aromatic heterocycles. The standard InChI is InChI=1S/2HIO3.2H2O/c2*2-1(3)4;;/h2*2H;2*1H2. The van der Waals surface area contributed by atoms with Crippen LogP contribution < -0.4 is 55.9 Å². The third-order valence-electron chi connectivity index (χ3n) is 0. The van der Waals surface area contributed by atoms with Crippen molar-refractivity contribution in [2.45, 2.75) is 0 Å². The molecule has 0 saturated heterocycles. The lowest BCUT2D eigenvalue weighted by Gasteiger charge is -1.67. The summed E-state index contributed by atoms with van der Waals surface area (Å²) in [6.07, 6.45) is 0. The molecule has 0 amide bonds. The van der Waals surface area contributed by atoms with Crippen molar-refractivity contribution < 1.29 is 73.7 Å². The number of hydrogen-bond donors (Lipinski definition) is 2. The highest BCUT2D eigenvalue weighted by Crippen LogP contribution is 0.254. The smallest absolute Gasteiger partial charge is 0.412 e. The van der Waals surface area contributed by atoms with Gasteiger partial charge in [-0.3, -0.25) is 0 Å². The molecule has 0 aromatic carbocycles. The summed E-state index contributed by atoms with van der Waals surface area (Å²) in [5.74, 6) is 0. The molecule has 0 atom stereocenters. The molecular weight excluding hydrogens is 382 g/mol. The van der Waals surface area contributed by atoms with Crippen LogP contribution in [-0.2, 0) is 0 Å². The molecule has 68 valence electrons. The Balaban J connectivity index is -0.0000000300. The van der Waals surface area contributed by atoms with E-state index in [0.29, 0.717) is 0 Å². The van der Waals surface area contributed by atoms with Crippen LogP contribution in [0.15, 0.2) is 0 Å².